The molecular formula is C11H19N5O. The molecule has 0 aromatic carbocycles. The van der Waals surface area contributed by atoms with E-state index in [1.54, 1.807) is 0 Å². The maximum absolute atomic E-state index is 5.95. The number of hydrogen-bond acceptors (Lipinski definition) is 3. The minimum atomic E-state index is 0.581. The Bertz CT molecular complexity index is 386. The number of nitrogens with zero attached hydrogens (tertiary/aromatic N) is 3. The highest BCUT2D eigenvalue weighted by Crippen LogP contribution is 2.10. The molecule has 94 valence electrons. The number of aliphatic imine (C=N–C) groups is 1. The van der Waals surface area contributed by atoms with Crippen LogP contribution in [-0.2, 0) is 11.3 Å². The van der Waals surface area contributed by atoms with Gasteiger partial charge in [-0.25, -0.2) is 4.99 Å². The predicted molar refractivity (Wildman–Crippen MR) is 65.8 cm³/mol. The van der Waals surface area contributed by atoms with Crippen LogP contribution < -0.4 is 5.73 Å². The van der Waals surface area contributed by atoms with Crippen molar-refractivity contribution in [1.82, 2.24) is 15.1 Å². The van der Waals surface area contributed by atoms with E-state index in [4.69, 9.17) is 10.5 Å². The third-order valence-corrected chi connectivity index (χ3v) is 3.01. The highest BCUT2D eigenvalue weighted by molar-refractivity contribution is 5.78. The third kappa shape index (κ3) is 2.76. The highest BCUT2D eigenvalue weighted by Gasteiger charge is 2.12. The van der Waals surface area contributed by atoms with E-state index in [1.807, 2.05) is 18.7 Å². The summed E-state index contributed by atoms with van der Waals surface area (Å²) in [7, 11) is 0. The van der Waals surface area contributed by atoms with Gasteiger partial charge in [0.05, 0.1) is 25.5 Å². The Morgan fingerprint density at radius 1 is 1.47 bits per heavy atom. The number of nitrogens with two attached hydrogens (primary N) is 1. The number of ether oxygens (including phenoxy) is 1. The molecule has 1 aromatic rings. The zero-order valence-electron chi connectivity index (χ0n) is 10.4. The smallest absolute Gasteiger partial charge is 0.191 e. The Hall–Kier alpha value is -1.56. The van der Waals surface area contributed by atoms with E-state index in [-0.39, 0.29) is 0 Å². The lowest BCUT2D eigenvalue weighted by Crippen LogP contribution is -2.44. The van der Waals surface area contributed by atoms with E-state index in [0.29, 0.717) is 12.5 Å². The molecule has 17 heavy (non-hydrogen) atoms. The number of H-pyrrole nitrogens is 1. The molecule has 0 bridgehead atoms. The van der Waals surface area contributed by atoms with Crippen molar-refractivity contribution in [2.24, 2.45) is 10.7 Å². The van der Waals surface area contributed by atoms with Crippen LogP contribution in [0.15, 0.2) is 4.99 Å². The van der Waals surface area contributed by atoms with E-state index < -0.39 is 0 Å². The first-order valence-electron chi connectivity index (χ1n) is 5.81. The maximum atomic E-state index is 5.95. The summed E-state index contributed by atoms with van der Waals surface area (Å²) >= 11 is 0. The Balaban J connectivity index is 1.99. The van der Waals surface area contributed by atoms with Gasteiger partial charge in [0.1, 0.15) is 0 Å². The molecule has 6 heteroatoms. The number of morpholine rings is 1. The van der Waals surface area contributed by atoms with Gasteiger partial charge in [0.2, 0.25) is 0 Å². The molecule has 3 N–H and O–H groups in total. The quantitative estimate of drug-likeness (QED) is 0.568. The van der Waals surface area contributed by atoms with Crippen LogP contribution >= 0.6 is 0 Å². The Morgan fingerprint density at radius 3 is 2.76 bits per heavy atom. The molecule has 6 nitrogen and oxygen atoms in total. The van der Waals surface area contributed by atoms with Gasteiger partial charge in [-0.15, -0.1) is 0 Å². The second kappa shape index (κ2) is 5.18. The van der Waals surface area contributed by atoms with Crippen LogP contribution in [0.3, 0.4) is 0 Å². The van der Waals surface area contributed by atoms with Gasteiger partial charge in [-0.2, -0.15) is 5.10 Å². The summed E-state index contributed by atoms with van der Waals surface area (Å²) in [5.74, 6) is 0.591. The number of aromatic nitrogens is 2. The van der Waals surface area contributed by atoms with E-state index >= 15 is 0 Å². The number of hydrogen-bond donors (Lipinski definition) is 2. The molecule has 0 spiro atoms. The number of aromatic amines is 1. The number of guanidine groups is 1. The Morgan fingerprint density at radius 2 is 2.18 bits per heavy atom. The van der Waals surface area contributed by atoms with E-state index in [9.17, 15) is 0 Å². The lowest BCUT2D eigenvalue weighted by Gasteiger charge is -2.27. The predicted octanol–water partition coefficient (Wildman–Crippen LogP) is 0.173. The van der Waals surface area contributed by atoms with E-state index in [2.05, 4.69) is 15.2 Å². The second-order valence-electron chi connectivity index (χ2n) is 4.19. The summed E-state index contributed by atoms with van der Waals surface area (Å²) in [4.78, 5) is 6.47. The first kappa shape index (κ1) is 11.9. The van der Waals surface area contributed by atoms with Crippen molar-refractivity contribution in [3.8, 4) is 0 Å². The summed E-state index contributed by atoms with van der Waals surface area (Å²) in [5, 5.41) is 7.08. The maximum Gasteiger partial charge on any atom is 0.191 e. The summed E-state index contributed by atoms with van der Waals surface area (Å²) in [6.45, 7) is 7.63. The fourth-order valence-electron chi connectivity index (χ4n) is 1.86. The van der Waals surface area contributed by atoms with Crippen molar-refractivity contribution in [1.29, 1.82) is 0 Å². The van der Waals surface area contributed by atoms with Gasteiger partial charge >= 0.3 is 0 Å². The summed E-state index contributed by atoms with van der Waals surface area (Å²) in [6, 6.07) is 0. The van der Waals surface area contributed by atoms with Gasteiger partial charge in [0, 0.05) is 24.3 Å². The molecule has 0 atom stereocenters. The Kier molecular flexibility index (Phi) is 3.63. The molecule has 0 saturated carbocycles. The molecule has 2 heterocycles. The summed E-state index contributed by atoms with van der Waals surface area (Å²) in [6.07, 6.45) is 0. The lowest BCUT2D eigenvalue weighted by molar-refractivity contribution is 0.0674. The third-order valence-electron chi connectivity index (χ3n) is 3.01. The topological polar surface area (TPSA) is 79.5 Å². The van der Waals surface area contributed by atoms with Crippen LogP contribution in [0.25, 0.3) is 0 Å². The zero-order valence-corrected chi connectivity index (χ0v) is 10.4. The van der Waals surface area contributed by atoms with Gasteiger partial charge in [0.25, 0.3) is 0 Å². The van der Waals surface area contributed by atoms with E-state index in [1.165, 1.54) is 0 Å². The summed E-state index contributed by atoms with van der Waals surface area (Å²) < 4.78 is 5.27. The van der Waals surface area contributed by atoms with Gasteiger partial charge in [-0.1, -0.05) is 0 Å². The van der Waals surface area contributed by atoms with Crippen LogP contribution in [-0.4, -0.2) is 47.4 Å². The minimum absolute atomic E-state index is 0.581. The molecule has 1 aromatic heterocycles. The van der Waals surface area contributed by atoms with Crippen molar-refractivity contribution in [2.45, 2.75) is 20.4 Å². The van der Waals surface area contributed by atoms with Crippen LogP contribution in [0.1, 0.15) is 17.0 Å². The van der Waals surface area contributed by atoms with Crippen molar-refractivity contribution < 1.29 is 4.74 Å². The van der Waals surface area contributed by atoms with Crippen LogP contribution in [0, 0.1) is 13.8 Å². The lowest BCUT2D eigenvalue weighted by atomic mass is 10.2. The van der Waals surface area contributed by atoms with Crippen LogP contribution in [0.4, 0.5) is 0 Å². The van der Waals surface area contributed by atoms with E-state index in [0.717, 1.165) is 43.3 Å². The van der Waals surface area contributed by atoms with Gasteiger partial charge in [0.15, 0.2) is 5.96 Å². The zero-order chi connectivity index (χ0) is 12.3. The molecule has 1 fully saturated rings. The minimum Gasteiger partial charge on any atom is -0.378 e. The van der Waals surface area contributed by atoms with Crippen LogP contribution in [0.5, 0.6) is 0 Å². The Labute approximate surface area is 101 Å². The van der Waals surface area contributed by atoms with Crippen LogP contribution in [0.2, 0.25) is 0 Å². The normalized spacial score (nSPS) is 17.5. The number of aryl methyl sites for hydroxylation is 2. The molecule has 0 radical (unpaired) electrons. The van der Waals surface area contributed by atoms with Gasteiger partial charge in [-0.3, -0.25) is 5.10 Å². The van der Waals surface area contributed by atoms with Crippen molar-refractivity contribution in [3.05, 3.63) is 17.0 Å². The molecule has 2 rings (SSSR count). The number of nitrogens with one attached hydrogen (secondary N) is 1. The largest absolute Gasteiger partial charge is 0.378 e. The SMILES string of the molecule is Cc1n[nH]c(C)c1CN=C(N)N1CCOCC1. The molecular weight excluding hydrogens is 218 g/mol. The fourth-order valence-corrected chi connectivity index (χ4v) is 1.86. The van der Waals surface area contributed by atoms with Crippen molar-refractivity contribution >= 4 is 5.96 Å². The molecule has 1 saturated heterocycles. The first-order valence-corrected chi connectivity index (χ1v) is 5.81. The summed E-state index contributed by atoms with van der Waals surface area (Å²) in [5.41, 5.74) is 9.12. The van der Waals surface area contributed by atoms with Crippen molar-refractivity contribution in [2.75, 3.05) is 26.3 Å². The highest BCUT2D eigenvalue weighted by atomic mass is 16.5. The first-order chi connectivity index (χ1) is 8.18. The molecule has 1 aliphatic rings. The average molecular weight is 237 g/mol. The van der Waals surface area contributed by atoms with Crippen molar-refractivity contribution in [3.63, 3.8) is 0 Å². The van der Waals surface area contributed by atoms with Gasteiger partial charge in [-0.05, 0) is 13.8 Å². The fraction of sp³-hybridized carbons (Fsp3) is 0.636. The molecule has 0 unspecified atom stereocenters. The van der Waals surface area contributed by atoms with Gasteiger partial charge < -0.3 is 15.4 Å². The number of rotatable bonds is 2. The monoisotopic (exact) mass is 237 g/mol. The molecule has 0 aliphatic carbocycles. The molecule has 0 amide bonds. The average Bonchev–Trinajstić information content (AvgIpc) is 2.67. The molecule has 1 aliphatic heterocycles. The second-order valence-corrected chi connectivity index (χ2v) is 4.19. The standard InChI is InChI=1S/C11H19N5O/c1-8-10(9(2)15-14-8)7-13-11(12)16-3-5-17-6-4-16/h3-7H2,1-2H3,(H2,12,13)(H,14,15).